The smallest absolute Gasteiger partial charge is 0.335 e. The van der Waals surface area contributed by atoms with Crippen LogP contribution in [0.2, 0.25) is 5.02 Å². The van der Waals surface area contributed by atoms with E-state index < -0.39 is 5.97 Å². The SMILES string of the molecule is COc1ccc(Cl)cc1-n1nnc2ccc(C(=O)O)cc21. The Morgan fingerprint density at radius 1 is 1.29 bits per heavy atom. The van der Waals surface area contributed by atoms with Gasteiger partial charge in [-0.1, -0.05) is 16.8 Å². The summed E-state index contributed by atoms with van der Waals surface area (Å²) < 4.78 is 6.79. The van der Waals surface area contributed by atoms with Crippen molar-refractivity contribution in [2.75, 3.05) is 7.11 Å². The van der Waals surface area contributed by atoms with Gasteiger partial charge in [0.1, 0.15) is 17.0 Å². The van der Waals surface area contributed by atoms with Crippen molar-refractivity contribution >= 4 is 28.6 Å². The van der Waals surface area contributed by atoms with E-state index in [2.05, 4.69) is 10.3 Å². The molecule has 0 spiro atoms. The van der Waals surface area contributed by atoms with Crippen molar-refractivity contribution < 1.29 is 14.6 Å². The van der Waals surface area contributed by atoms with E-state index in [-0.39, 0.29) is 5.56 Å². The van der Waals surface area contributed by atoms with Crippen LogP contribution in [0.15, 0.2) is 36.4 Å². The molecule has 0 aliphatic rings. The van der Waals surface area contributed by atoms with Gasteiger partial charge in [-0.3, -0.25) is 0 Å². The molecule has 0 radical (unpaired) electrons. The number of methoxy groups -OCH3 is 1. The molecule has 0 amide bonds. The molecule has 1 N–H and O–H groups in total. The van der Waals surface area contributed by atoms with Crippen molar-refractivity contribution in [3.05, 3.63) is 47.0 Å². The number of ether oxygens (including phenoxy) is 1. The van der Waals surface area contributed by atoms with Crippen LogP contribution in [0.5, 0.6) is 5.75 Å². The summed E-state index contributed by atoms with van der Waals surface area (Å²) in [5.41, 5.74) is 1.90. The van der Waals surface area contributed by atoms with Crippen LogP contribution in [-0.2, 0) is 0 Å². The molecule has 0 aliphatic carbocycles. The highest BCUT2D eigenvalue weighted by molar-refractivity contribution is 6.30. The zero-order chi connectivity index (χ0) is 15.0. The average Bonchev–Trinajstić information content (AvgIpc) is 2.89. The summed E-state index contributed by atoms with van der Waals surface area (Å²) in [6, 6.07) is 9.70. The third kappa shape index (κ3) is 2.30. The van der Waals surface area contributed by atoms with Gasteiger partial charge >= 0.3 is 5.97 Å². The summed E-state index contributed by atoms with van der Waals surface area (Å²) >= 11 is 6.01. The first-order chi connectivity index (χ1) is 10.1. The van der Waals surface area contributed by atoms with Crippen molar-refractivity contribution in [3.8, 4) is 11.4 Å². The molecule has 21 heavy (non-hydrogen) atoms. The maximum Gasteiger partial charge on any atom is 0.335 e. The highest BCUT2D eigenvalue weighted by atomic mass is 35.5. The van der Waals surface area contributed by atoms with E-state index >= 15 is 0 Å². The fourth-order valence-electron chi connectivity index (χ4n) is 2.06. The fraction of sp³-hybridized carbons (Fsp3) is 0.0714. The van der Waals surface area contributed by atoms with Gasteiger partial charge in [-0.05, 0) is 36.4 Å². The molecular weight excluding hydrogens is 294 g/mol. The second-order valence-corrected chi connectivity index (χ2v) is 4.76. The topological polar surface area (TPSA) is 77.2 Å². The van der Waals surface area contributed by atoms with Crippen LogP contribution in [0.3, 0.4) is 0 Å². The molecule has 0 saturated heterocycles. The summed E-state index contributed by atoms with van der Waals surface area (Å²) in [6.07, 6.45) is 0. The lowest BCUT2D eigenvalue weighted by molar-refractivity contribution is 0.0697. The first kappa shape index (κ1) is 13.4. The van der Waals surface area contributed by atoms with E-state index in [1.807, 2.05) is 0 Å². The highest BCUT2D eigenvalue weighted by Crippen LogP contribution is 2.28. The van der Waals surface area contributed by atoms with Crippen molar-refractivity contribution in [3.63, 3.8) is 0 Å². The van der Waals surface area contributed by atoms with Crippen LogP contribution in [0, 0.1) is 0 Å². The van der Waals surface area contributed by atoms with Crippen LogP contribution in [0.1, 0.15) is 10.4 Å². The number of carboxylic acid groups (broad SMARTS) is 1. The second-order valence-electron chi connectivity index (χ2n) is 4.33. The Morgan fingerprint density at radius 3 is 2.81 bits per heavy atom. The second kappa shape index (κ2) is 5.06. The maximum atomic E-state index is 11.1. The Balaban J connectivity index is 2.27. The van der Waals surface area contributed by atoms with E-state index in [1.54, 1.807) is 24.3 Å². The summed E-state index contributed by atoms with van der Waals surface area (Å²) in [5.74, 6) is -0.449. The average molecular weight is 304 g/mol. The van der Waals surface area contributed by atoms with Crippen molar-refractivity contribution in [1.29, 1.82) is 0 Å². The summed E-state index contributed by atoms with van der Waals surface area (Å²) in [6.45, 7) is 0. The first-order valence-corrected chi connectivity index (χ1v) is 6.40. The molecule has 6 nitrogen and oxygen atoms in total. The minimum Gasteiger partial charge on any atom is -0.494 e. The van der Waals surface area contributed by atoms with Gasteiger partial charge < -0.3 is 9.84 Å². The Morgan fingerprint density at radius 2 is 2.10 bits per heavy atom. The van der Waals surface area contributed by atoms with E-state index in [0.29, 0.717) is 27.5 Å². The normalized spacial score (nSPS) is 10.8. The molecule has 1 aromatic heterocycles. The van der Waals surface area contributed by atoms with Gasteiger partial charge in [0, 0.05) is 5.02 Å². The number of aromatic carboxylic acids is 1. The zero-order valence-corrected chi connectivity index (χ0v) is 11.7. The van der Waals surface area contributed by atoms with E-state index in [1.165, 1.54) is 23.9 Å². The van der Waals surface area contributed by atoms with Crippen LogP contribution in [-0.4, -0.2) is 33.2 Å². The summed E-state index contributed by atoms with van der Waals surface area (Å²) in [7, 11) is 1.54. The molecule has 106 valence electrons. The molecule has 2 aromatic carbocycles. The van der Waals surface area contributed by atoms with Crippen LogP contribution in [0.25, 0.3) is 16.7 Å². The van der Waals surface area contributed by atoms with Gasteiger partial charge in [0.15, 0.2) is 0 Å². The minimum absolute atomic E-state index is 0.159. The monoisotopic (exact) mass is 303 g/mol. The van der Waals surface area contributed by atoms with Crippen LogP contribution >= 0.6 is 11.6 Å². The molecule has 1 heterocycles. The van der Waals surface area contributed by atoms with Crippen molar-refractivity contribution in [2.24, 2.45) is 0 Å². The predicted molar refractivity (Wildman–Crippen MR) is 77.4 cm³/mol. The van der Waals surface area contributed by atoms with Gasteiger partial charge in [-0.15, -0.1) is 5.10 Å². The molecule has 7 heteroatoms. The molecule has 0 saturated carbocycles. The van der Waals surface area contributed by atoms with E-state index in [4.69, 9.17) is 21.4 Å². The molecule has 0 fully saturated rings. The van der Waals surface area contributed by atoms with Gasteiger partial charge in [0.2, 0.25) is 0 Å². The zero-order valence-electron chi connectivity index (χ0n) is 10.9. The molecule has 3 rings (SSSR count). The number of fused-ring (bicyclic) bond motifs is 1. The fourth-order valence-corrected chi connectivity index (χ4v) is 2.22. The lowest BCUT2D eigenvalue weighted by atomic mass is 10.2. The summed E-state index contributed by atoms with van der Waals surface area (Å²) in [5, 5.41) is 17.7. The van der Waals surface area contributed by atoms with Crippen molar-refractivity contribution in [1.82, 2.24) is 15.0 Å². The molecular formula is C14H10ClN3O3. The molecule has 0 aliphatic heterocycles. The minimum atomic E-state index is -1.01. The third-order valence-electron chi connectivity index (χ3n) is 3.06. The van der Waals surface area contributed by atoms with Crippen LogP contribution in [0.4, 0.5) is 0 Å². The van der Waals surface area contributed by atoms with Crippen molar-refractivity contribution in [2.45, 2.75) is 0 Å². The molecule has 0 bridgehead atoms. The maximum absolute atomic E-state index is 11.1. The van der Waals surface area contributed by atoms with E-state index in [9.17, 15) is 4.79 Å². The molecule has 0 atom stereocenters. The van der Waals surface area contributed by atoms with Gasteiger partial charge in [-0.2, -0.15) is 0 Å². The molecule has 3 aromatic rings. The largest absolute Gasteiger partial charge is 0.494 e. The van der Waals surface area contributed by atoms with Gasteiger partial charge in [0.25, 0.3) is 0 Å². The number of hydrogen-bond acceptors (Lipinski definition) is 4. The summed E-state index contributed by atoms with van der Waals surface area (Å²) in [4.78, 5) is 11.1. The number of rotatable bonds is 3. The number of carboxylic acids is 1. The van der Waals surface area contributed by atoms with E-state index in [0.717, 1.165) is 0 Å². The number of aromatic nitrogens is 3. The molecule has 0 unspecified atom stereocenters. The number of carbonyl (C=O) groups is 1. The first-order valence-electron chi connectivity index (χ1n) is 6.03. The number of benzene rings is 2. The number of hydrogen-bond donors (Lipinski definition) is 1. The third-order valence-corrected chi connectivity index (χ3v) is 3.30. The Kier molecular flexibility index (Phi) is 3.23. The van der Waals surface area contributed by atoms with Crippen LogP contribution < -0.4 is 4.74 Å². The Hall–Kier alpha value is -2.60. The number of nitrogens with zero attached hydrogens (tertiary/aromatic N) is 3. The lowest BCUT2D eigenvalue weighted by Crippen LogP contribution is -2.01. The predicted octanol–water partition coefficient (Wildman–Crippen LogP) is 2.78. The Bertz CT molecular complexity index is 845. The highest BCUT2D eigenvalue weighted by Gasteiger charge is 2.14. The lowest BCUT2D eigenvalue weighted by Gasteiger charge is -2.09. The quantitative estimate of drug-likeness (QED) is 0.805. The Labute approximate surface area is 124 Å². The standard InChI is InChI=1S/C14H10ClN3O3/c1-21-13-5-3-9(15)7-12(13)18-11-6-8(14(19)20)2-4-10(11)16-17-18/h2-7H,1H3,(H,19,20). The van der Waals surface area contributed by atoms with Gasteiger partial charge in [-0.25, -0.2) is 9.48 Å². The van der Waals surface area contributed by atoms with Gasteiger partial charge in [0.05, 0.1) is 18.2 Å². The number of halogens is 1.